The third-order valence-electron chi connectivity index (χ3n) is 5.23. The number of rotatable bonds is 8. The molecule has 0 aliphatic heterocycles. The first kappa shape index (κ1) is 20.9. The summed E-state index contributed by atoms with van der Waals surface area (Å²) >= 11 is 0. The molecule has 0 spiro atoms. The van der Waals surface area contributed by atoms with E-state index in [4.69, 9.17) is 9.15 Å². The third kappa shape index (κ3) is 5.84. The van der Waals surface area contributed by atoms with E-state index in [0.29, 0.717) is 36.1 Å². The molecule has 31 heavy (non-hydrogen) atoms. The second-order valence-corrected chi connectivity index (χ2v) is 7.55. The van der Waals surface area contributed by atoms with Gasteiger partial charge < -0.3 is 25.1 Å². The zero-order chi connectivity index (χ0) is 21.5. The Morgan fingerprint density at radius 1 is 1.03 bits per heavy atom. The van der Waals surface area contributed by atoms with Gasteiger partial charge in [-0.15, -0.1) is 0 Å². The van der Waals surface area contributed by atoms with Gasteiger partial charge in [0.1, 0.15) is 5.76 Å². The fourth-order valence-electron chi connectivity index (χ4n) is 3.63. The smallest absolute Gasteiger partial charge is 0.233 e. The molecule has 1 aromatic carbocycles. The molecule has 0 bridgehead atoms. The van der Waals surface area contributed by atoms with E-state index in [9.17, 15) is 4.39 Å². The molecule has 9 heteroatoms. The van der Waals surface area contributed by atoms with Crippen molar-refractivity contribution in [3.8, 4) is 5.75 Å². The predicted molar refractivity (Wildman–Crippen MR) is 117 cm³/mol. The molecule has 1 aliphatic carbocycles. The molecule has 1 fully saturated rings. The zero-order valence-corrected chi connectivity index (χ0v) is 17.5. The summed E-state index contributed by atoms with van der Waals surface area (Å²) in [5.41, 5.74) is 0.516. The van der Waals surface area contributed by atoms with Crippen molar-refractivity contribution in [3.05, 3.63) is 48.2 Å². The predicted octanol–water partition coefficient (Wildman–Crippen LogP) is 5.10. The number of halogens is 1. The van der Waals surface area contributed by atoms with Gasteiger partial charge in [0.15, 0.2) is 11.6 Å². The van der Waals surface area contributed by atoms with E-state index in [2.05, 4.69) is 30.9 Å². The number of aromatic nitrogens is 3. The Hall–Kier alpha value is -3.36. The lowest BCUT2D eigenvalue weighted by molar-refractivity contribution is 0.386. The molecule has 0 unspecified atom stereocenters. The van der Waals surface area contributed by atoms with Crippen molar-refractivity contribution in [1.82, 2.24) is 15.0 Å². The van der Waals surface area contributed by atoms with Crippen LogP contribution in [0.1, 0.15) is 44.3 Å². The normalized spacial score (nSPS) is 14.6. The van der Waals surface area contributed by atoms with Gasteiger partial charge in [-0.25, -0.2) is 4.39 Å². The van der Waals surface area contributed by atoms with Crippen LogP contribution in [0.3, 0.4) is 0 Å². The van der Waals surface area contributed by atoms with Crippen LogP contribution in [0.4, 0.5) is 27.9 Å². The van der Waals surface area contributed by atoms with E-state index < -0.39 is 5.82 Å². The summed E-state index contributed by atoms with van der Waals surface area (Å²) < 4.78 is 24.4. The number of nitrogens with zero attached hydrogens (tertiary/aromatic N) is 3. The average molecular weight is 426 g/mol. The summed E-state index contributed by atoms with van der Waals surface area (Å²) in [6.07, 6.45) is 8.72. The van der Waals surface area contributed by atoms with E-state index in [-0.39, 0.29) is 5.75 Å². The van der Waals surface area contributed by atoms with Gasteiger partial charge in [-0.3, -0.25) is 0 Å². The first-order valence-corrected chi connectivity index (χ1v) is 10.6. The Morgan fingerprint density at radius 3 is 2.52 bits per heavy atom. The number of anilines is 4. The average Bonchev–Trinajstić information content (AvgIpc) is 3.16. The van der Waals surface area contributed by atoms with E-state index in [1.165, 1.54) is 38.9 Å². The minimum absolute atomic E-state index is 0.178. The molecular formula is C22H27FN6O2. The number of benzene rings is 1. The standard InChI is InChI=1S/C22H27FN6O2/c1-30-19-11-10-16(13-18(19)23)26-22-28-20(24-14-17-9-6-12-31-17)27-21(29-22)25-15-7-4-2-3-5-8-15/h6,9-13,15H,2-5,7-8,14H2,1H3,(H3,24,25,26,27,28,29). The fraction of sp³-hybridized carbons (Fsp3) is 0.409. The van der Waals surface area contributed by atoms with E-state index >= 15 is 0 Å². The van der Waals surface area contributed by atoms with Crippen LogP contribution in [-0.2, 0) is 6.54 Å². The monoisotopic (exact) mass is 426 g/mol. The van der Waals surface area contributed by atoms with Gasteiger partial charge in [0, 0.05) is 17.8 Å². The quantitative estimate of drug-likeness (QED) is 0.428. The number of hydrogen-bond acceptors (Lipinski definition) is 8. The van der Waals surface area contributed by atoms with Crippen molar-refractivity contribution < 1.29 is 13.5 Å². The number of furan rings is 1. The molecule has 0 saturated heterocycles. The molecule has 3 aromatic rings. The highest BCUT2D eigenvalue weighted by molar-refractivity contribution is 5.57. The van der Waals surface area contributed by atoms with Crippen molar-refractivity contribution >= 4 is 23.5 Å². The van der Waals surface area contributed by atoms with Gasteiger partial charge in [0.2, 0.25) is 17.8 Å². The summed E-state index contributed by atoms with van der Waals surface area (Å²) in [7, 11) is 1.43. The Balaban J connectivity index is 1.54. The summed E-state index contributed by atoms with van der Waals surface area (Å²) in [4.78, 5) is 13.5. The Morgan fingerprint density at radius 2 is 1.81 bits per heavy atom. The summed E-state index contributed by atoms with van der Waals surface area (Å²) in [6, 6.07) is 8.64. The van der Waals surface area contributed by atoms with Crippen molar-refractivity contribution in [2.45, 2.75) is 51.1 Å². The molecule has 2 heterocycles. The van der Waals surface area contributed by atoms with Gasteiger partial charge in [-0.1, -0.05) is 25.7 Å². The highest BCUT2D eigenvalue weighted by Crippen LogP contribution is 2.24. The maximum absolute atomic E-state index is 14.1. The lowest BCUT2D eigenvalue weighted by Gasteiger charge is -2.17. The van der Waals surface area contributed by atoms with Crippen LogP contribution >= 0.6 is 0 Å². The van der Waals surface area contributed by atoms with Gasteiger partial charge in [-0.05, 0) is 37.1 Å². The fourth-order valence-corrected chi connectivity index (χ4v) is 3.63. The number of hydrogen-bond donors (Lipinski definition) is 3. The van der Waals surface area contributed by atoms with Gasteiger partial charge in [-0.2, -0.15) is 15.0 Å². The summed E-state index contributed by atoms with van der Waals surface area (Å²) in [6.45, 7) is 0.441. The highest BCUT2D eigenvalue weighted by atomic mass is 19.1. The number of nitrogens with one attached hydrogen (secondary N) is 3. The molecule has 0 radical (unpaired) electrons. The largest absolute Gasteiger partial charge is 0.494 e. The van der Waals surface area contributed by atoms with E-state index in [1.807, 2.05) is 12.1 Å². The maximum Gasteiger partial charge on any atom is 0.233 e. The maximum atomic E-state index is 14.1. The minimum Gasteiger partial charge on any atom is -0.494 e. The SMILES string of the molecule is COc1ccc(Nc2nc(NCc3ccco3)nc(NC3CCCCCC3)n2)cc1F. The number of methoxy groups -OCH3 is 1. The van der Waals surface area contributed by atoms with Crippen molar-refractivity contribution in [2.75, 3.05) is 23.1 Å². The van der Waals surface area contributed by atoms with Crippen LogP contribution in [0, 0.1) is 5.82 Å². The Bertz CT molecular complexity index is 974. The molecular weight excluding hydrogens is 399 g/mol. The van der Waals surface area contributed by atoms with Crippen molar-refractivity contribution in [1.29, 1.82) is 0 Å². The molecule has 1 saturated carbocycles. The van der Waals surface area contributed by atoms with Crippen LogP contribution in [0.2, 0.25) is 0 Å². The molecule has 164 valence electrons. The molecule has 2 aromatic heterocycles. The zero-order valence-electron chi connectivity index (χ0n) is 17.5. The molecule has 4 rings (SSSR count). The van der Waals surface area contributed by atoms with E-state index in [1.54, 1.807) is 18.4 Å². The molecule has 1 aliphatic rings. The summed E-state index contributed by atoms with van der Waals surface area (Å²) in [5.74, 6) is 1.69. The van der Waals surface area contributed by atoms with Crippen LogP contribution in [-0.4, -0.2) is 28.1 Å². The van der Waals surface area contributed by atoms with Gasteiger partial charge in [0.05, 0.1) is 19.9 Å². The second kappa shape index (κ2) is 10.1. The number of ether oxygens (including phenoxy) is 1. The first-order chi connectivity index (χ1) is 15.2. The van der Waals surface area contributed by atoms with Crippen LogP contribution < -0.4 is 20.7 Å². The van der Waals surface area contributed by atoms with Crippen LogP contribution in [0.15, 0.2) is 41.0 Å². The van der Waals surface area contributed by atoms with Crippen molar-refractivity contribution in [3.63, 3.8) is 0 Å². The molecule has 8 nitrogen and oxygen atoms in total. The van der Waals surface area contributed by atoms with Crippen molar-refractivity contribution in [2.24, 2.45) is 0 Å². The van der Waals surface area contributed by atoms with E-state index in [0.717, 1.165) is 18.6 Å². The van der Waals surface area contributed by atoms with Crippen LogP contribution in [0.5, 0.6) is 5.75 Å². The van der Waals surface area contributed by atoms with Gasteiger partial charge in [0.25, 0.3) is 0 Å². The lowest BCUT2D eigenvalue weighted by Crippen LogP contribution is -2.21. The molecule has 0 amide bonds. The van der Waals surface area contributed by atoms with Gasteiger partial charge >= 0.3 is 0 Å². The molecule has 3 N–H and O–H groups in total. The lowest BCUT2D eigenvalue weighted by atomic mass is 10.1. The Kier molecular flexibility index (Phi) is 6.81. The second-order valence-electron chi connectivity index (χ2n) is 7.55. The topological polar surface area (TPSA) is 97.1 Å². The van der Waals surface area contributed by atoms with Crippen LogP contribution in [0.25, 0.3) is 0 Å². The summed E-state index contributed by atoms with van der Waals surface area (Å²) in [5, 5.41) is 9.67. The third-order valence-corrected chi connectivity index (χ3v) is 5.23. The highest BCUT2D eigenvalue weighted by Gasteiger charge is 2.15. The molecule has 0 atom stereocenters. The Labute approximate surface area is 180 Å². The minimum atomic E-state index is -0.463. The first-order valence-electron chi connectivity index (χ1n) is 10.6.